The normalized spacial score (nSPS) is 16.1. The molecule has 0 spiro atoms. The maximum absolute atomic E-state index is 12.1. The molecule has 21 heavy (non-hydrogen) atoms. The third kappa shape index (κ3) is 3.97. The Morgan fingerprint density at radius 1 is 1.43 bits per heavy atom. The first kappa shape index (κ1) is 15.4. The molecule has 0 aliphatic heterocycles. The summed E-state index contributed by atoms with van der Waals surface area (Å²) in [6, 6.07) is 5.48. The van der Waals surface area contributed by atoms with Gasteiger partial charge < -0.3 is 16.3 Å². The van der Waals surface area contributed by atoms with E-state index in [1.807, 2.05) is 19.1 Å². The van der Waals surface area contributed by atoms with Gasteiger partial charge in [0.15, 0.2) is 5.84 Å². The zero-order valence-electron chi connectivity index (χ0n) is 12.4. The zero-order valence-corrected chi connectivity index (χ0v) is 12.4. The highest BCUT2D eigenvalue weighted by Crippen LogP contribution is 2.28. The lowest BCUT2D eigenvalue weighted by atomic mass is 10.0. The van der Waals surface area contributed by atoms with Gasteiger partial charge in [-0.2, -0.15) is 0 Å². The molecule has 0 heterocycles. The van der Waals surface area contributed by atoms with E-state index in [9.17, 15) is 4.79 Å². The van der Waals surface area contributed by atoms with E-state index < -0.39 is 0 Å². The summed E-state index contributed by atoms with van der Waals surface area (Å²) >= 11 is 0. The van der Waals surface area contributed by atoms with Gasteiger partial charge in [0.2, 0.25) is 5.91 Å². The van der Waals surface area contributed by atoms with Crippen LogP contribution in [0.4, 0.5) is 5.69 Å². The number of oxime groups is 1. The van der Waals surface area contributed by atoms with Crippen molar-refractivity contribution in [3.63, 3.8) is 0 Å². The van der Waals surface area contributed by atoms with E-state index >= 15 is 0 Å². The number of hydrogen-bond donors (Lipinski definition) is 3. The van der Waals surface area contributed by atoms with Crippen LogP contribution in [-0.4, -0.2) is 17.0 Å². The third-order valence-electron chi connectivity index (χ3n) is 4.17. The van der Waals surface area contributed by atoms with Crippen molar-refractivity contribution in [1.82, 2.24) is 0 Å². The molecular formula is C16H23N3O2. The first-order valence-electron chi connectivity index (χ1n) is 7.49. The van der Waals surface area contributed by atoms with Gasteiger partial charge in [0.25, 0.3) is 0 Å². The fourth-order valence-corrected chi connectivity index (χ4v) is 3.01. The molecule has 0 aromatic heterocycles. The van der Waals surface area contributed by atoms with E-state index in [2.05, 4.69) is 10.5 Å². The van der Waals surface area contributed by atoms with Crippen LogP contribution in [-0.2, 0) is 4.79 Å². The minimum Gasteiger partial charge on any atom is -0.409 e. The van der Waals surface area contributed by atoms with Gasteiger partial charge in [-0.25, -0.2) is 0 Å². The summed E-state index contributed by atoms with van der Waals surface area (Å²) in [5.41, 5.74) is 7.73. The lowest BCUT2D eigenvalue weighted by Crippen LogP contribution is -2.20. The number of nitrogens with zero attached hydrogens (tertiary/aromatic N) is 1. The lowest BCUT2D eigenvalue weighted by Gasteiger charge is -2.13. The third-order valence-corrected chi connectivity index (χ3v) is 4.17. The number of benzene rings is 1. The molecule has 1 aliphatic rings. The van der Waals surface area contributed by atoms with E-state index in [1.165, 1.54) is 25.7 Å². The Labute approximate surface area is 125 Å². The summed E-state index contributed by atoms with van der Waals surface area (Å²) in [4.78, 5) is 12.1. The number of anilines is 1. The molecule has 1 aromatic carbocycles. The standard InChI is InChI=1S/C16H23N3O2/c1-11-5-4-8-13(15(11)16(17)19-21)18-14(20)10-9-12-6-2-3-7-12/h4-5,8,12,21H,2-3,6-7,9-10H2,1H3,(H2,17,19)(H,18,20). The highest BCUT2D eigenvalue weighted by molar-refractivity contribution is 6.06. The highest BCUT2D eigenvalue weighted by Gasteiger charge is 2.17. The van der Waals surface area contributed by atoms with Gasteiger partial charge in [0.1, 0.15) is 0 Å². The van der Waals surface area contributed by atoms with Gasteiger partial charge >= 0.3 is 0 Å². The summed E-state index contributed by atoms with van der Waals surface area (Å²) < 4.78 is 0. The van der Waals surface area contributed by atoms with Crippen molar-refractivity contribution in [3.8, 4) is 0 Å². The molecule has 1 saturated carbocycles. The fraction of sp³-hybridized carbons (Fsp3) is 0.500. The van der Waals surface area contributed by atoms with Gasteiger partial charge in [-0.3, -0.25) is 4.79 Å². The topological polar surface area (TPSA) is 87.7 Å². The SMILES string of the molecule is Cc1cccc(NC(=O)CCC2CCCC2)c1/C(N)=N/O. The van der Waals surface area contributed by atoms with Crippen molar-refractivity contribution in [2.24, 2.45) is 16.8 Å². The summed E-state index contributed by atoms with van der Waals surface area (Å²) in [5, 5.41) is 14.8. The molecule has 0 atom stereocenters. The molecule has 2 rings (SSSR count). The van der Waals surface area contributed by atoms with Crippen LogP contribution in [0, 0.1) is 12.8 Å². The van der Waals surface area contributed by atoms with Crippen molar-refractivity contribution >= 4 is 17.4 Å². The number of nitrogens with two attached hydrogens (primary N) is 1. The molecule has 4 N–H and O–H groups in total. The Kier molecular flexibility index (Phi) is 5.20. The molecular weight excluding hydrogens is 266 g/mol. The van der Waals surface area contributed by atoms with E-state index in [4.69, 9.17) is 10.9 Å². The molecule has 1 aromatic rings. The van der Waals surface area contributed by atoms with Crippen LogP contribution in [0.5, 0.6) is 0 Å². The molecule has 1 amide bonds. The number of rotatable bonds is 5. The van der Waals surface area contributed by atoms with Crippen molar-refractivity contribution < 1.29 is 10.0 Å². The van der Waals surface area contributed by atoms with E-state index in [-0.39, 0.29) is 11.7 Å². The second-order valence-electron chi connectivity index (χ2n) is 5.72. The first-order valence-corrected chi connectivity index (χ1v) is 7.49. The van der Waals surface area contributed by atoms with Gasteiger partial charge in [-0.15, -0.1) is 0 Å². The Balaban J connectivity index is 2.01. The van der Waals surface area contributed by atoms with Crippen molar-refractivity contribution in [1.29, 1.82) is 0 Å². The van der Waals surface area contributed by atoms with Crippen molar-refractivity contribution in [2.45, 2.75) is 45.4 Å². The van der Waals surface area contributed by atoms with Crippen LogP contribution in [0.1, 0.15) is 49.7 Å². The second-order valence-corrected chi connectivity index (χ2v) is 5.72. The molecule has 114 valence electrons. The molecule has 0 unspecified atom stereocenters. The van der Waals surface area contributed by atoms with Gasteiger partial charge in [0.05, 0.1) is 5.69 Å². The smallest absolute Gasteiger partial charge is 0.224 e. The Morgan fingerprint density at radius 3 is 2.81 bits per heavy atom. The van der Waals surface area contributed by atoms with E-state index in [0.29, 0.717) is 23.6 Å². The van der Waals surface area contributed by atoms with Crippen LogP contribution in [0.2, 0.25) is 0 Å². The predicted octanol–water partition coefficient (Wildman–Crippen LogP) is 3.00. The fourth-order valence-electron chi connectivity index (χ4n) is 3.01. The van der Waals surface area contributed by atoms with Gasteiger partial charge in [-0.05, 0) is 30.9 Å². The van der Waals surface area contributed by atoms with Crippen LogP contribution in [0.15, 0.2) is 23.4 Å². The Morgan fingerprint density at radius 2 is 2.14 bits per heavy atom. The molecule has 0 radical (unpaired) electrons. The minimum atomic E-state index is -0.0144. The van der Waals surface area contributed by atoms with Gasteiger partial charge in [-0.1, -0.05) is 43.0 Å². The minimum absolute atomic E-state index is 0.0131. The molecule has 0 saturated heterocycles. The number of nitrogens with one attached hydrogen (secondary N) is 1. The van der Waals surface area contributed by atoms with E-state index in [1.54, 1.807) is 6.07 Å². The first-order chi connectivity index (χ1) is 10.1. The quantitative estimate of drug-likeness (QED) is 0.337. The van der Waals surface area contributed by atoms with Crippen LogP contribution in [0.25, 0.3) is 0 Å². The number of carbonyl (C=O) groups is 1. The maximum atomic E-state index is 12.1. The summed E-state index contributed by atoms with van der Waals surface area (Å²) in [5.74, 6) is 0.690. The lowest BCUT2D eigenvalue weighted by molar-refractivity contribution is -0.116. The van der Waals surface area contributed by atoms with Crippen LogP contribution in [0.3, 0.4) is 0 Å². The Bertz CT molecular complexity index is 534. The maximum Gasteiger partial charge on any atom is 0.224 e. The summed E-state index contributed by atoms with van der Waals surface area (Å²) in [6.45, 7) is 1.86. The largest absolute Gasteiger partial charge is 0.409 e. The second kappa shape index (κ2) is 7.11. The van der Waals surface area contributed by atoms with Crippen LogP contribution < -0.4 is 11.1 Å². The number of hydrogen-bond acceptors (Lipinski definition) is 3. The number of carbonyl (C=O) groups excluding carboxylic acids is 1. The molecule has 1 aliphatic carbocycles. The monoisotopic (exact) mass is 289 g/mol. The summed E-state index contributed by atoms with van der Waals surface area (Å²) in [7, 11) is 0. The Hall–Kier alpha value is -2.04. The van der Waals surface area contributed by atoms with Gasteiger partial charge in [0, 0.05) is 12.0 Å². The average Bonchev–Trinajstić information content (AvgIpc) is 2.98. The zero-order chi connectivity index (χ0) is 15.2. The van der Waals surface area contributed by atoms with Crippen LogP contribution >= 0.6 is 0 Å². The number of aryl methyl sites for hydroxylation is 1. The number of amidine groups is 1. The molecule has 1 fully saturated rings. The van der Waals surface area contributed by atoms with Crippen molar-refractivity contribution in [3.05, 3.63) is 29.3 Å². The molecule has 0 bridgehead atoms. The molecule has 5 nitrogen and oxygen atoms in total. The molecule has 5 heteroatoms. The average molecular weight is 289 g/mol. The summed E-state index contributed by atoms with van der Waals surface area (Å²) in [6.07, 6.45) is 6.53. The number of amides is 1. The predicted molar refractivity (Wildman–Crippen MR) is 83.5 cm³/mol. The highest BCUT2D eigenvalue weighted by atomic mass is 16.4. The van der Waals surface area contributed by atoms with E-state index in [0.717, 1.165) is 12.0 Å². The van der Waals surface area contributed by atoms with Crippen molar-refractivity contribution in [2.75, 3.05) is 5.32 Å².